The molecule has 0 unspecified atom stereocenters. The fourth-order valence-electron chi connectivity index (χ4n) is 4.10. The molecule has 0 fully saturated rings. The van der Waals surface area contributed by atoms with Gasteiger partial charge in [0.25, 0.3) is 5.91 Å². The van der Waals surface area contributed by atoms with Gasteiger partial charge in [-0.3, -0.25) is 14.2 Å². The third-order valence-electron chi connectivity index (χ3n) is 6.04. The van der Waals surface area contributed by atoms with Gasteiger partial charge in [0.15, 0.2) is 0 Å². The molecule has 7 nitrogen and oxygen atoms in total. The number of methoxy groups -OCH3 is 2. The predicted octanol–water partition coefficient (Wildman–Crippen LogP) is 4.95. The van der Waals surface area contributed by atoms with E-state index in [0.29, 0.717) is 39.7 Å². The summed E-state index contributed by atoms with van der Waals surface area (Å²) in [4.78, 5) is 37.9. The molecule has 0 aliphatic heterocycles. The summed E-state index contributed by atoms with van der Waals surface area (Å²) < 4.78 is 11.7. The first kappa shape index (κ1) is 25.0. The fourth-order valence-corrected chi connectivity index (χ4v) is 4.22. The number of esters is 1. The first-order valence-corrected chi connectivity index (χ1v) is 11.6. The quantitative estimate of drug-likeness (QED) is 0.360. The number of hydrogen-bond donors (Lipinski definition) is 1. The van der Waals surface area contributed by atoms with E-state index in [4.69, 9.17) is 21.1 Å². The van der Waals surface area contributed by atoms with Gasteiger partial charge in [-0.2, -0.15) is 0 Å². The summed E-state index contributed by atoms with van der Waals surface area (Å²) in [5, 5.41) is 4.23. The average molecular weight is 505 g/mol. The summed E-state index contributed by atoms with van der Waals surface area (Å²) >= 11 is 5.99. The first-order chi connectivity index (χ1) is 17.3. The molecule has 0 radical (unpaired) electrons. The van der Waals surface area contributed by atoms with E-state index < -0.39 is 5.97 Å². The zero-order valence-corrected chi connectivity index (χ0v) is 20.9. The summed E-state index contributed by atoms with van der Waals surface area (Å²) in [5.41, 5.74) is 3.88. The highest BCUT2D eigenvalue weighted by molar-refractivity contribution is 6.30. The van der Waals surface area contributed by atoms with Gasteiger partial charge in [-0.15, -0.1) is 0 Å². The molecule has 0 aliphatic carbocycles. The van der Waals surface area contributed by atoms with Crippen LogP contribution in [-0.4, -0.2) is 36.6 Å². The second-order valence-corrected chi connectivity index (χ2v) is 8.67. The van der Waals surface area contributed by atoms with Crippen LogP contribution in [-0.2, 0) is 22.5 Å². The summed E-state index contributed by atoms with van der Waals surface area (Å²) in [7, 11) is 2.90. The second kappa shape index (κ2) is 10.7. The van der Waals surface area contributed by atoms with E-state index in [1.165, 1.54) is 7.11 Å². The monoisotopic (exact) mass is 504 g/mol. The van der Waals surface area contributed by atoms with E-state index in [-0.39, 0.29) is 18.2 Å². The molecule has 184 valence electrons. The van der Waals surface area contributed by atoms with Crippen LogP contribution >= 0.6 is 11.6 Å². The Morgan fingerprint density at radius 2 is 1.58 bits per heavy atom. The Balaban J connectivity index is 1.60. The zero-order chi connectivity index (χ0) is 25.8. The topological polar surface area (TPSA) is 86.6 Å². The highest BCUT2D eigenvalue weighted by atomic mass is 35.5. The van der Waals surface area contributed by atoms with Gasteiger partial charge < -0.3 is 14.8 Å². The van der Waals surface area contributed by atoms with Crippen molar-refractivity contribution < 1.29 is 23.9 Å². The molecule has 1 aromatic heterocycles. The van der Waals surface area contributed by atoms with Crippen LogP contribution in [0, 0.1) is 6.92 Å². The number of halogens is 1. The van der Waals surface area contributed by atoms with Crippen molar-refractivity contribution in [2.45, 2.75) is 19.9 Å². The normalized spacial score (nSPS) is 10.8. The lowest BCUT2D eigenvalue weighted by Crippen LogP contribution is -2.25. The van der Waals surface area contributed by atoms with Crippen LogP contribution in [0.4, 0.5) is 0 Å². The molecule has 0 spiro atoms. The van der Waals surface area contributed by atoms with Crippen LogP contribution < -0.4 is 10.1 Å². The van der Waals surface area contributed by atoms with Gasteiger partial charge in [0.2, 0.25) is 5.91 Å². The van der Waals surface area contributed by atoms with Crippen molar-refractivity contribution in [2.75, 3.05) is 14.2 Å². The minimum absolute atomic E-state index is 0.0800. The molecule has 1 amide bonds. The Bertz CT molecular complexity index is 1440. The number of benzene rings is 3. The maximum atomic E-state index is 13.4. The molecule has 0 saturated heterocycles. The maximum Gasteiger partial charge on any atom is 0.337 e. The molecule has 0 bridgehead atoms. The predicted molar refractivity (Wildman–Crippen MR) is 138 cm³/mol. The van der Waals surface area contributed by atoms with Crippen molar-refractivity contribution in [3.63, 3.8) is 0 Å². The van der Waals surface area contributed by atoms with Gasteiger partial charge in [-0.05, 0) is 72.6 Å². The number of carbonyl (C=O) groups excluding carboxylic acids is 3. The number of rotatable bonds is 7. The standard InChI is InChI=1S/C28H25ClN2O5/c1-17-23(15-26(32)30-16-18-4-6-20(7-5-18)28(34)36-3)24-14-22(35-2)12-13-25(24)31(17)27(33)19-8-10-21(29)11-9-19/h4-14H,15-16H2,1-3H3,(H,30,32). The number of fused-ring (bicyclic) bond motifs is 1. The van der Waals surface area contributed by atoms with Gasteiger partial charge in [0.05, 0.1) is 31.7 Å². The minimum Gasteiger partial charge on any atom is -0.497 e. The van der Waals surface area contributed by atoms with Gasteiger partial charge in [0, 0.05) is 28.2 Å². The van der Waals surface area contributed by atoms with Crippen LogP contribution in [0.1, 0.15) is 37.5 Å². The molecule has 0 aliphatic rings. The van der Waals surface area contributed by atoms with Gasteiger partial charge in [0.1, 0.15) is 5.75 Å². The van der Waals surface area contributed by atoms with Gasteiger partial charge in [-0.25, -0.2) is 4.79 Å². The molecular formula is C28H25ClN2O5. The number of nitrogens with zero attached hydrogens (tertiary/aromatic N) is 1. The van der Waals surface area contributed by atoms with Crippen LogP contribution in [0.15, 0.2) is 66.7 Å². The summed E-state index contributed by atoms with van der Waals surface area (Å²) in [6.45, 7) is 2.12. The van der Waals surface area contributed by atoms with Gasteiger partial charge in [-0.1, -0.05) is 23.7 Å². The van der Waals surface area contributed by atoms with Crippen molar-refractivity contribution in [2.24, 2.45) is 0 Å². The average Bonchev–Trinajstić information content (AvgIpc) is 3.17. The van der Waals surface area contributed by atoms with Crippen molar-refractivity contribution in [3.8, 4) is 5.75 Å². The lowest BCUT2D eigenvalue weighted by Gasteiger charge is -2.09. The highest BCUT2D eigenvalue weighted by Crippen LogP contribution is 2.31. The SMILES string of the molecule is COC(=O)c1ccc(CNC(=O)Cc2c(C)n(C(=O)c3ccc(Cl)cc3)c3ccc(OC)cc23)cc1. The maximum absolute atomic E-state index is 13.4. The Kier molecular flexibility index (Phi) is 7.41. The molecule has 8 heteroatoms. The van der Waals surface area contributed by atoms with E-state index in [2.05, 4.69) is 5.32 Å². The molecular weight excluding hydrogens is 480 g/mol. The molecule has 1 heterocycles. The Hall–Kier alpha value is -4.10. The van der Waals surface area contributed by atoms with Crippen LogP contribution in [0.2, 0.25) is 5.02 Å². The smallest absolute Gasteiger partial charge is 0.337 e. The number of aromatic nitrogens is 1. The van der Waals surface area contributed by atoms with E-state index in [0.717, 1.165) is 16.5 Å². The van der Waals surface area contributed by atoms with Crippen LogP contribution in [0.25, 0.3) is 10.9 Å². The number of ether oxygens (including phenoxy) is 2. The number of carbonyl (C=O) groups is 3. The first-order valence-electron chi connectivity index (χ1n) is 11.2. The Morgan fingerprint density at radius 1 is 0.917 bits per heavy atom. The van der Waals surface area contributed by atoms with Crippen LogP contribution in [0.3, 0.4) is 0 Å². The van der Waals surface area contributed by atoms with Crippen molar-refractivity contribution in [1.82, 2.24) is 9.88 Å². The van der Waals surface area contributed by atoms with Crippen molar-refractivity contribution in [3.05, 3.63) is 99.7 Å². The third kappa shape index (κ3) is 5.11. The molecule has 0 saturated carbocycles. The number of nitrogens with one attached hydrogen (secondary N) is 1. The number of hydrogen-bond acceptors (Lipinski definition) is 5. The molecule has 3 aromatic carbocycles. The Labute approximate surface area is 213 Å². The summed E-state index contributed by atoms with van der Waals surface area (Å²) in [5.74, 6) is -0.195. The molecule has 36 heavy (non-hydrogen) atoms. The second-order valence-electron chi connectivity index (χ2n) is 8.24. The largest absolute Gasteiger partial charge is 0.497 e. The van der Waals surface area contributed by atoms with Crippen molar-refractivity contribution in [1.29, 1.82) is 0 Å². The summed E-state index contributed by atoms with van der Waals surface area (Å²) in [6, 6.07) is 19.0. The summed E-state index contributed by atoms with van der Waals surface area (Å²) in [6.07, 6.45) is 0.0800. The van der Waals surface area contributed by atoms with E-state index in [1.54, 1.807) is 66.3 Å². The van der Waals surface area contributed by atoms with Crippen molar-refractivity contribution >= 4 is 40.3 Å². The van der Waals surface area contributed by atoms with E-state index in [1.807, 2.05) is 19.1 Å². The zero-order valence-electron chi connectivity index (χ0n) is 20.1. The molecule has 4 rings (SSSR count). The third-order valence-corrected chi connectivity index (χ3v) is 6.29. The fraction of sp³-hybridized carbons (Fsp3) is 0.179. The van der Waals surface area contributed by atoms with Gasteiger partial charge >= 0.3 is 5.97 Å². The number of amides is 1. The minimum atomic E-state index is -0.416. The Morgan fingerprint density at radius 3 is 2.22 bits per heavy atom. The van der Waals surface area contributed by atoms with E-state index in [9.17, 15) is 14.4 Å². The van der Waals surface area contributed by atoms with E-state index >= 15 is 0 Å². The lowest BCUT2D eigenvalue weighted by molar-refractivity contribution is -0.120. The molecule has 1 N–H and O–H groups in total. The molecule has 4 aromatic rings. The highest BCUT2D eigenvalue weighted by Gasteiger charge is 2.22. The molecule has 0 atom stereocenters. The van der Waals surface area contributed by atoms with Crippen LogP contribution in [0.5, 0.6) is 5.75 Å². The lowest BCUT2D eigenvalue weighted by atomic mass is 10.1.